The van der Waals surface area contributed by atoms with E-state index in [4.69, 9.17) is 0 Å². The lowest BCUT2D eigenvalue weighted by atomic mass is 10.1. The molecule has 1 aromatic carbocycles. The number of benzene rings is 1. The third-order valence-electron chi connectivity index (χ3n) is 3.28. The Morgan fingerprint density at radius 2 is 1.95 bits per heavy atom. The van der Waals surface area contributed by atoms with Gasteiger partial charge in [0.25, 0.3) is 5.91 Å². The number of carbonyl (C=O) groups excluding carboxylic acids is 2. The lowest BCUT2D eigenvalue weighted by molar-refractivity contribution is 0.0969. The number of thiophene rings is 1. The van der Waals surface area contributed by atoms with Crippen LogP contribution in [0.3, 0.4) is 0 Å². The Morgan fingerprint density at radius 1 is 1.15 bits per heavy atom. The number of hydrogen-bond acceptors (Lipinski definition) is 3. The highest BCUT2D eigenvalue weighted by Gasteiger charge is 2.18. The molecule has 0 spiro atoms. The molecule has 0 fully saturated rings. The molecule has 0 radical (unpaired) electrons. The average molecular weight is 283 g/mol. The molecule has 4 heteroatoms. The van der Waals surface area contributed by atoms with Crippen LogP contribution in [0.15, 0.2) is 48.0 Å². The van der Waals surface area contributed by atoms with Gasteiger partial charge >= 0.3 is 0 Å². The van der Waals surface area contributed by atoms with Crippen molar-refractivity contribution in [3.63, 3.8) is 0 Å². The fourth-order valence-electron chi connectivity index (χ4n) is 2.28. The summed E-state index contributed by atoms with van der Waals surface area (Å²) in [5, 5.41) is 2.71. The van der Waals surface area contributed by atoms with Crippen LogP contribution in [-0.2, 0) is 0 Å². The summed E-state index contributed by atoms with van der Waals surface area (Å²) in [6, 6.07) is 11.2. The van der Waals surface area contributed by atoms with Crippen LogP contribution in [0, 0.1) is 0 Å². The van der Waals surface area contributed by atoms with Crippen molar-refractivity contribution in [1.29, 1.82) is 0 Å². The van der Waals surface area contributed by atoms with Crippen molar-refractivity contribution in [2.24, 2.45) is 0 Å². The molecule has 0 saturated carbocycles. The summed E-state index contributed by atoms with van der Waals surface area (Å²) >= 11 is 1.40. The largest absolute Gasteiger partial charge is 0.294 e. The summed E-state index contributed by atoms with van der Waals surface area (Å²) < 4.78 is 1.57. The summed E-state index contributed by atoms with van der Waals surface area (Å²) in [5.41, 5.74) is 1.40. The molecule has 0 N–H and O–H groups in total. The Labute approximate surface area is 120 Å². The van der Waals surface area contributed by atoms with Crippen molar-refractivity contribution < 1.29 is 9.59 Å². The predicted molar refractivity (Wildman–Crippen MR) is 80.6 cm³/mol. The van der Waals surface area contributed by atoms with E-state index in [-0.39, 0.29) is 11.7 Å². The smallest absolute Gasteiger partial charge is 0.272 e. The van der Waals surface area contributed by atoms with Crippen LogP contribution in [-0.4, -0.2) is 16.3 Å². The van der Waals surface area contributed by atoms with E-state index in [2.05, 4.69) is 0 Å². The van der Waals surface area contributed by atoms with Gasteiger partial charge in [0.1, 0.15) is 0 Å². The van der Waals surface area contributed by atoms with Gasteiger partial charge in [0, 0.05) is 23.6 Å². The molecule has 100 valence electrons. The Morgan fingerprint density at radius 3 is 2.65 bits per heavy atom. The summed E-state index contributed by atoms with van der Waals surface area (Å²) in [5.74, 6) is -0.0368. The quantitative estimate of drug-likeness (QED) is 0.682. The molecule has 0 atom stereocenters. The number of carbonyl (C=O) groups is 2. The molecule has 0 aliphatic carbocycles. The molecule has 3 rings (SSSR count). The molecular formula is C16H13NO2S. The lowest BCUT2D eigenvalue weighted by Gasteiger charge is -2.00. The van der Waals surface area contributed by atoms with Gasteiger partial charge in [-0.1, -0.05) is 31.2 Å². The number of fused-ring (bicyclic) bond motifs is 1. The van der Waals surface area contributed by atoms with Gasteiger partial charge in [0.05, 0.1) is 10.4 Å². The van der Waals surface area contributed by atoms with Crippen LogP contribution >= 0.6 is 11.3 Å². The molecule has 0 saturated heterocycles. The number of nitrogens with zero attached hydrogens (tertiary/aromatic N) is 1. The highest BCUT2D eigenvalue weighted by atomic mass is 32.1. The topological polar surface area (TPSA) is 39.1 Å². The average Bonchev–Trinajstić information content (AvgIpc) is 3.13. The second-order valence-corrected chi connectivity index (χ2v) is 5.44. The predicted octanol–water partition coefficient (Wildman–Crippen LogP) is 3.98. The minimum atomic E-state index is -0.0913. The lowest BCUT2D eigenvalue weighted by Crippen LogP contribution is -2.08. The molecule has 0 bridgehead atoms. The maximum atomic E-state index is 12.5. The van der Waals surface area contributed by atoms with Gasteiger partial charge in [-0.2, -0.15) is 0 Å². The maximum absolute atomic E-state index is 12.5. The first-order chi connectivity index (χ1) is 9.72. The van der Waals surface area contributed by atoms with E-state index in [1.807, 2.05) is 42.6 Å². The van der Waals surface area contributed by atoms with E-state index in [1.165, 1.54) is 11.3 Å². The molecule has 0 amide bonds. The van der Waals surface area contributed by atoms with Crippen LogP contribution in [0.5, 0.6) is 0 Å². The van der Waals surface area contributed by atoms with Crippen molar-refractivity contribution in [1.82, 2.24) is 4.57 Å². The van der Waals surface area contributed by atoms with Crippen LogP contribution in [0.25, 0.3) is 10.9 Å². The first-order valence-electron chi connectivity index (χ1n) is 6.44. The van der Waals surface area contributed by atoms with Crippen LogP contribution in [0.1, 0.15) is 33.4 Å². The molecule has 0 aliphatic rings. The number of para-hydroxylation sites is 1. The van der Waals surface area contributed by atoms with E-state index in [0.29, 0.717) is 16.9 Å². The molecule has 2 aromatic heterocycles. The van der Waals surface area contributed by atoms with Crippen molar-refractivity contribution >= 4 is 33.9 Å². The first-order valence-corrected chi connectivity index (χ1v) is 7.32. The first kappa shape index (κ1) is 12.8. The number of Topliss-reactive ketones (excluding diaryl/α,β-unsaturated/α-hetero) is 1. The van der Waals surface area contributed by atoms with E-state index < -0.39 is 0 Å². The number of hydrogen-bond donors (Lipinski definition) is 0. The molecular weight excluding hydrogens is 270 g/mol. The van der Waals surface area contributed by atoms with Gasteiger partial charge in [0.15, 0.2) is 5.78 Å². The van der Waals surface area contributed by atoms with Crippen molar-refractivity contribution in [3.05, 3.63) is 58.4 Å². The highest BCUT2D eigenvalue weighted by Crippen LogP contribution is 2.24. The van der Waals surface area contributed by atoms with E-state index in [0.717, 1.165) is 10.9 Å². The van der Waals surface area contributed by atoms with Crippen molar-refractivity contribution in [3.8, 4) is 0 Å². The zero-order valence-electron chi connectivity index (χ0n) is 11.0. The van der Waals surface area contributed by atoms with Gasteiger partial charge in [-0.3, -0.25) is 14.2 Å². The van der Waals surface area contributed by atoms with Gasteiger partial charge in [-0.25, -0.2) is 0 Å². The highest BCUT2D eigenvalue weighted by molar-refractivity contribution is 7.12. The third kappa shape index (κ3) is 1.98. The van der Waals surface area contributed by atoms with Gasteiger partial charge < -0.3 is 0 Å². The van der Waals surface area contributed by atoms with Gasteiger partial charge in [-0.05, 0) is 17.5 Å². The van der Waals surface area contributed by atoms with E-state index in [9.17, 15) is 9.59 Å². The van der Waals surface area contributed by atoms with Crippen LogP contribution in [0.2, 0.25) is 0 Å². The van der Waals surface area contributed by atoms with Crippen LogP contribution in [0.4, 0.5) is 0 Å². The van der Waals surface area contributed by atoms with E-state index in [1.54, 1.807) is 16.8 Å². The summed E-state index contributed by atoms with van der Waals surface area (Å²) in [6.07, 6.45) is 2.10. The molecule has 2 heterocycles. The summed E-state index contributed by atoms with van der Waals surface area (Å²) in [6.45, 7) is 1.83. The number of rotatable bonds is 3. The normalized spacial score (nSPS) is 10.8. The standard InChI is InChI=1S/C16H13NO2S/c1-2-14(18)12-10-17(13-7-4-3-6-11(12)13)16(19)15-8-5-9-20-15/h3-10H,2H2,1H3. The third-order valence-corrected chi connectivity index (χ3v) is 4.14. The second kappa shape index (κ2) is 5.06. The van der Waals surface area contributed by atoms with Gasteiger partial charge in [0.2, 0.25) is 0 Å². The SMILES string of the molecule is CCC(=O)c1cn(C(=O)c2cccs2)c2ccccc12. The fraction of sp³-hybridized carbons (Fsp3) is 0.125. The minimum absolute atomic E-state index is 0.0546. The number of aromatic nitrogens is 1. The Hall–Kier alpha value is -2.20. The summed E-state index contributed by atoms with van der Waals surface area (Å²) in [7, 11) is 0. The van der Waals surface area contributed by atoms with Gasteiger partial charge in [-0.15, -0.1) is 11.3 Å². The van der Waals surface area contributed by atoms with Crippen molar-refractivity contribution in [2.75, 3.05) is 0 Å². The number of ketones is 1. The molecule has 0 aliphatic heterocycles. The molecule has 3 aromatic rings. The molecule has 20 heavy (non-hydrogen) atoms. The van der Waals surface area contributed by atoms with E-state index >= 15 is 0 Å². The minimum Gasteiger partial charge on any atom is -0.294 e. The Bertz CT molecular complexity index is 784. The molecule has 0 unspecified atom stereocenters. The Balaban J connectivity index is 2.21. The van der Waals surface area contributed by atoms with Crippen LogP contribution < -0.4 is 0 Å². The second-order valence-electron chi connectivity index (χ2n) is 4.49. The molecule has 3 nitrogen and oxygen atoms in total. The Kier molecular flexibility index (Phi) is 3.24. The zero-order valence-corrected chi connectivity index (χ0v) is 11.8. The zero-order chi connectivity index (χ0) is 14.1. The fourth-order valence-corrected chi connectivity index (χ4v) is 2.94. The monoisotopic (exact) mass is 283 g/mol. The maximum Gasteiger partial charge on any atom is 0.272 e. The summed E-state index contributed by atoms with van der Waals surface area (Å²) in [4.78, 5) is 25.2. The van der Waals surface area contributed by atoms with Crippen molar-refractivity contribution in [2.45, 2.75) is 13.3 Å².